The van der Waals surface area contributed by atoms with Gasteiger partial charge >= 0.3 is 5.97 Å². The van der Waals surface area contributed by atoms with Crippen molar-refractivity contribution in [2.24, 2.45) is 5.41 Å². The van der Waals surface area contributed by atoms with E-state index in [0.717, 1.165) is 22.7 Å². The second-order valence-corrected chi connectivity index (χ2v) is 6.73. The molecule has 0 saturated heterocycles. The SMILES string of the molecule is CC1(Cn2c(SCC(=O)O)nc3ccc(C#N)cc32)CC1. The number of aliphatic carboxylic acids is 1. The molecule has 0 amide bonds. The van der Waals surface area contributed by atoms with E-state index in [1.54, 1.807) is 6.07 Å². The van der Waals surface area contributed by atoms with Crippen LogP contribution in [0.25, 0.3) is 11.0 Å². The summed E-state index contributed by atoms with van der Waals surface area (Å²) in [5, 5.41) is 18.6. The maximum absolute atomic E-state index is 10.8. The molecule has 6 heteroatoms. The number of thioether (sulfide) groups is 1. The van der Waals surface area contributed by atoms with Crippen molar-refractivity contribution in [2.75, 3.05) is 5.75 Å². The number of nitrogens with zero attached hydrogens (tertiary/aromatic N) is 3. The van der Waals surface area contributed by atoms with Crippen LogP contribution in [-0.4, -0.2) is 26.4 Å². The minimum atomic E-state index is -0.853. The van der Waals surface area contributed by atoms with Crippen molar-refractivity contribution in [3.8, 4) is 6.07 Å². The van der Waals surface area contributed by atoms with Crippen LogP contribution in [0.1, 0.15) is 25.3 Å². The molecule has 0 radical (unpaired) electrons. The van der Waals surface area contributed by atoms with E-state index in [2.05, 4.69) is 22.5 Å². The fourth-order valence-corrected chi connectivity index (χ4v) is 3.05. The molecule has 5 nitrogen and oxygen atoms in total. The lowest BCUT2D eigenvalue weighted by atomic mass is 10.1. The van der Waals surface area contributed by atoms with Gasteiger partial charge in [-0.1, -0.05) is 18.7 Å². The summed E-state index contributed by atoms with van der Waals surface area (Å²) in [4.78, 5) is 15.3. The van der Waals surface area contributed by atoms with Crippen molar-refractivity contribution in [1.82, 2.24) is 9.55 Å². The Hall–Kier alpha value is -2.00. The number of fused-ring (bicyclic) bond motifs is 1. The Morgan fingerprint density at radius 3 is 2.95 bits per heavy atom. The quantitative estimate of drug-likeness (QED) is 0.859. The predicted octanol–water partition coefficient (Wildman–Crippen LogP) is 2.88. The largest absolute Gasteiger partial charge is 0.481 e. The Balaban J connectivity index is 2.05. The van der Waals surface area contributed by atoms with E-state index in [-0.39, 0.29) is 11.2 Å². The van der Waals surface area contributed by atoms with Crippen LogP contribution in [-0.2, 0) is 11.3 Å². The van der Waals surface area contributed by atoms with Crippen LogP contribution in [0.3, 0.4) is 0 Å². The molecule has 0 atom stereocenters. The minimum absolute atomic E-state index is 0.00879. The first kappa shape index (κ1) is 14.0. The molecule has 0 bridgehead atoms. The average Bonchev–Trinajstić information content (AvgIpc) is 3.09. The maximum Gasteiger partial charge on any atom is 0.313 e. The van der Waals surface area contributed by atoms with Gasteiger partial charge in [0.1, 0.15) is 0 Å². The van der Waals surface area contributed by atoms with Gasteiger partial charge in [0.2, 0.25) is 0 Å². The van der Waals surface area contributed by atoms with Crippen LogP contribution in [0.4, 0.5) is 0 Å². The average molecular weight is 301 g/mol. The van der Waals surface area contributed by atoms with Crippen LogP contribution in [0, 0.1) is 16.7 Å². The Morgan fingerprint density at radius 2 is 2.33 bits per heavy atom. The smallest absolute Gasteiger partial charge is 0.313 e. The van der Waals surface area contributed by atoms with E-state index >= 15 is 0 Å². The molecule has 21 heavy (non-hydrogen) atoms. The number of carboxylic acid groups (broad SMARTS) is 1. The predicted molar refractivity (Wildman–Crippen MR) is 80.1 cm³/mol. The van der Waals surface area contributed by atoms with E-state index in [0.29, 0.717) is 5.56 Å². The molecule has 1 aromatic carbocycles. The van der Waals surface area contributed by atoms with Crippen molar-refractivity contribution >= 4 is 28.8 Å². The topological polar surface area (TPSA) is 78.9 Å². The highest BCUT2D eigenvalue weighted by Crippen LogP contribution is 2.47. The molecule has 108 valence electrons. The van der Waals surface area contributed by atoms with E-state index in [1.807, 2.05) is 12.1 Å². The van der Waals surface area contributed by atoms with E-state index in [9.17, 15) is 4.79 Å². The molecule has 0 spiro atoms. The van der Waals surface area contributed by atoms with Crippen molar-refractivity contribution in [3.63, 3.8) is 0 Å². The molecule has 0 aliphatic heterocycles. The van der Waals surface area contributed by atoms with Crippen molar-refractivity contribution in [3.05, 3.63) is 23.8 Å². The normalized spacial score (nSPS) is 15.8. The number of hydrogen-bond donors (Lipinski definition) is 1. The highest BCUT2D eigenvalue weighted by atomic mass is 32.2. The van der Waals surface area contributed by atoms with Crippen LogP contribution in [0.15, 0.2) is 23.4 Å². The van der Waals surface area contributed by atoms with E-state index < -0.39 is 5.97 Å². The fraction of sp³-hybridized carbons (Fsp3) is 0.400. The number of imidazole rings is 1. The summed E-state index contributed by atoms with van der Waals surface area (Å²) in [5.74, 6) is -0.862. The molecule has 1 heterocycles. The Kier molecular flexibility index (Phi) is 3.38. The van der Waals surface area contributed by atoms with Crippen LogP contribution >= 0.6 is 11.8 Å². The van der Waals surface area contributed by atoms with Gasteiger partial charge in [0.15, 0.2) is 5.16 Å². The molecular weight excluding hydrogens is 286 g/mol. The summed E-state index contributed by atoms with van der Waals surface area (Å²) in [5.41, 5.74) is 2.59. The second-order valence-electron chi connectivity index (χ2n) is 5.79. The monoisotopic (exact) mass is 301 g/mol. The lowest BCUT2D eigenvalue weighted by Gasteiger charge is -2.13. The highest BCUT2D eigenvalue weighted by molar-refractivity contribution is 7.99. The molecule has 1 saturated carbocycles. The summed E-state index contributed by atoms with van der Waals surface area (Å²) in [7, 11) is 0. The van der Waals surface area contributed by atoms with Crippen LogP contribution in [0.2, 0.25) is 0 Å². The first-order valence-electron chi connectivity index (χ1n) is 6.76. The van der Waals surface area contributed by atoms with Crippen LogP contribution < -0.4 is 0 Å². The van der Waals surface area contributed by atoms with Gasteiger partial charge in [-0.05, 0) is 36.5 Å². The molecule has 2 aromatic rings. The third-order valence-electron chi connectivity index (χ3n) is 3.81. The van der Waals surface area contributed by atoms with Gasteiger partial charge in [0.25, 0.3) is 0 Å². The van der Waals surface area contributed by atoms with Gasteiger partial charge in [-0.15, -0.1) is 0 Å². The van der Waals surface area contributed by atoms with Crippen LogP contribution in [0.5, 0.6) is 0 Å². The third kappa shape index (κ3) is 2.88. The Morgan fingerprint density at radius 1 is 1.57 bits per heavy atom. The van der Waals surface area contributed by atoms with E-state index in [4.69, 9.17) is 10.4 Å². The zero-order chi connectivity index (χ0) is 15.0. The molecule has 1 aromatic heterocycles. The molecule has 0 unspecified atom stereocenters. The standard InChI is InChI=1S/C15H15N3O2S/c1-15(4-5-15)9-18-12-6-10(7-16)2-3-11(12)17-14(18)21-8-13(19)20/h2-3,6H,4-5,8-9H2,1H3,(H,19,20). The van der Waals surface area contributed by atoms with Gasteiger partial charge in [-0.25, -0.2) is 4.98 Å². The molecule has 3 rings (SSSR count). The number of carbonyl (C=O) groups is 1. The van der Waals surface area contributed by atoms with Crippen molar-refractivity contribution in [1.29, 1.82) is 5.26 Å². The first-order valence-corrected chi connectivity index (χ1v) is 7.74. The Labute approximate surface area is 126 Å². The first-order chi connectivity index (χ1) is 10.0. The zero-order valence-corrected chi connectivity index (χ0v) is 12.5. The summed E-state index contributed by atoms with van der Waals surface area (Å²) in [6, 6.07) is 7.54. The van der Waals surface area contributed by atoms with Gasteiger partial charge < -0.3 is 9.67 Å². The summed E-state index contributed by atoms with van der Waals surface area (Å²) in [6.07, 6.45) is 2.35. The lowest BCUT2D eigenvalue weighted by Crippen LogP contribution is -2.10. The Bertz CT molecular complexity index is 756. The number of aromatic nitrogens is 2. The molecule has 1 fully saturated rings. The second kappa shape index (κ2) is 5.08. The summed E-state index contributed by atoms with van der Waals surface area (Å²) in [6.45, 7) is 3.04. The number of carboxylic acids is 1. The van der Waals surface area contributed by atoms with Crippen molar-refractivity contribution in [2.45, 2.75) is 31.5 Å². The van der Waals surface area contributed by atoms with Gasteiger partial charge in [0, 0.05) is 6.54 Å². The highest BCUT2D eigenvalue weighted by Gasteiger charge is 2.38. The zero-order valence-electron chi connectivity index (χ0n) is 11.7. The molecule has 1 N–H and O–H groups in total. The number of benzene rings is 1. The van der Waals surface area contributed by atoms with Gasteiger partial charge in [-0.2, -0.15) is 5.26 Å². The lowest BCUT2D eigenvalue weighted by molar-refractivity contribution is -0.133. The third-order valence-corrected chi connectivity index (χ3v) is 4.77. The summed E-state index contributed by atoms with van der Waals surface area (Å²) >= 11 is 1.23. The van der Waals surface area contributed by atoms with E-state index in [1.165, 1.54) is 24.6 Å². The number of nitriles is 1. The maximum atomic E-state index is 10.8. The number of rotatable bonds is 5. The molecule has 1 aliphatic rings. The van der Waals surface area contributed by atoms with Gasteiger partial charge in [-0.3, -0.25) is 4.79 Å². The summed E-state index contributed by atoms with van der Waals surface area (Å²) < 4.78 is 2.07. The minimum Gasteiger partial charge on any atom is -0.481 e. The number of hydrogen-bond acceptors (Lipinski definition) is 4. The molecule has 1 aliphatic carbocycles. The molecular formula is C15H15N3O2S. The fourth-order valence-electron chi connectivity index (χ4n) is 2.31. The van der Waals surface area contributed by atoms with Gasteiger partial charge in [0.05, 0.1) is 28.4 Å². The van der Waals surface area contributed by atoms with Crippen molar-refractivity contribution < 1.29 is 9.90 Å².